The topological polar surface area (TPSA) is 65.4 Å². The summed E-state index contributed by atoms with van der Waals surface area (Å²) in [6, 6.07) is 17.6. The molecule has 0 atom stereocenters. The van der Waals surface area contributed by atoms with Crippen LogP contribution in [0.1, 0.15) is 30.7 Å². The van der Waals surface area contributed by atoms with Crippen LogP contribution >= 0.6 is 0 Å². The number of hydrogen-bond donors (Lipinski definition) is 1. The second-order valence-corrected chi connectivity index (χ2v) is 6.69. The normalized spacial score (nSPS) is 10.6. The molecule has 1 aromatic heterocycles. The van der Waals surface area contributed by atoms with Gasteiger partial charge in [0.15, 0.2) is 17.3 Å². The van der Waals surface area contributed by atoms with Crippen molar-refractivity contribution in [3.8, 4) is 11.5 Å². The van der Waals surface area contributed by atoms with E-state index in [2.05, 4.69) is 22.5 Å². The van der Waals surface area contributed by atoms with Crippen molar-refractivity contribution in [3.05, 3.63) is 71.4 Å². The molecule has 0 radical (unpaired) electrons. The minimum Gasteiger partial charge on any atom is -0.490 e. The van der Waals surface area contributed by atoms with Crippen LogP contribution in [-0.4, -0.2) is 28.9 Å². The highest BCUT2D eigenvalue weighted by atomic mass is 16.5. The molecule has 1 N–H and O–H groups in total. The fourth-order valence-corrected chi connectivity index (χ4v) is 3.07. The second kappa shape index (κ2) is 9.78. The van der Waals surface area contributed by atoms with E-state index in [1.807, 2.05) is 67.9 Å². The third-order valence-corrected chi connectivity index (χ3v) is 4.40. The van der Waals surface area contributed by atoms with Gasteiger partial charge in [-0.2, -0.15) is 5.10 Å². The van der Waals surface area contributed by atoms with Gasteiger partial charge in [-0.05, 0) is 44.0 Å². The smallest absolute Gasteiger partial charge is 0.229 e. The molecule has 1 heterocycles. The van der Waals surface area contributed by atoms with Crippen molar-refractivity contribution in [1.29, 1.82) is 0 Å². The molecule has 0 bridgehead atoms. The van der Waals surface area contributed by atoms with Crippen LogP contribution in [0.4, 0.5) is 5.82 Å². The Kier molecular flexibility index (Phi) is 6.89. The largest absolute Gasteiger partial charge is 0.490 e. The Morgan fingerprint density at radius 3 is 2.41 bits per heavy atom. The number of aromatic nitrogens is 2. The van der Waals surface area contributed by atoms with Gasteiger partial charge in [-0.3, -0.25) is 9.48 Å². The molecule has 0 unspecified atom stereocenters. The van der Waals surface area contributed by atoms with Crippen LogP contribution in [0.15, 0.2) is 54.6 Å². The first-order chi connectivity index (χ1) is 14.1. The Bertz CT molecular complexity index is 951. The van der Waals surface area contributed by atoms with Gasteiger partial charge in [0.25, 0.3) is 0 Å². The molecule has 0 aliphatic carbocycles. The number of nitrogens with zero attached hydrogens (tertiary/aromatic N) is 2. The summed E-state index contributed by atoms with van der Waals surface area (Å²) in [6.07, 6.45) is 0.233. The van der Waals surface area contributed by atoms with Crippen molar-refractivity contribution in [3.63, 3.8) is 0 Å². The highest BCUT2D eigenvalue weighted by Crippen LogP contribution is 2.28. The maximum absolute atomic E-state index is 12.5. The lowest BCUT2D eigenvalue weighted by Crippen LogP contribution is -2.15. The van der Waals surface area contributed by atoms with Gasteiger partial charge in [0.05, 0.1) is 26.2 Å². The molecule has 0 spiro atoms. The first kappa shape index (κ1) is 20.5. The number of carbonyl (C=O) groups is 1. The van der Waals surface area contributed by atoms with Gasteiger partial charge < -0.3 is 14.8 Å². The van der Waals surface area contributed by atoms with Crippen LogP contribution in [-0.2, 0) is 17.8 Å². The van der Waals surface area contributed by atoms with Crippen LogP contribution in [0, 0.1) is 6.92 Å². The average molecular weight is 393 g/mol. The van der Waals surface area contributed by atoms with Crippen molar-refractivity contribution < 1.29 is 14.3 Å². The Morgan fingerprint density at radius 2 is 1.69 bits per heavy atom. The van der Waals surface area contributed by atoms with Gasteiger partial charge in [-0.25, -0.2) is 0 Å². The van der Waals surface area contributed by atoms with Crippen molar-refractivity contribution in [1.82, 2.24) is 9.78 Å². The van der Waals surface area contributed by atoms with E-state index < -0.39 is 0 Å². The summed E-state index contributed by atoms with van der Waals surface area (Å²) < 4.78 is 13.1. The Hall–Kier alpha value is -3.28. The van der Waals surface area contributed by atoms with Crippen molar-refractivity contribution in [2.45, 2.75) is 33.7 Å². The maximum atomic E-state index is 12.5. The van der Waals surface area contributed by atoms with E-state index in [-0.39, 0.29) is 12.3 Å². The van der Waals surface area contributed by atoms with Crippen molar-refractivity contribution in [2.24, 2.45) is 0 Å². The van der Waals surface area contributed by atoms with E-state index in [0.29, 0.717) is 37.1 Å². The van der Waals surface area contributed by atoms with Gasteiger partial charge in [0, 0.05) is 11.8 Å². The Labute approximate surface area is 171 Å². The summed E-state index contributed by atoms with van der Waals surface area (Å²) >= 11 is 0. The molecule has 29 heavy (non-hydrogen) atoms. The minimum atomic E-state index is -0.124. The molecule has 1 amide bonds. The van der Waals surface area contributed by atoms with E-state index in [1.54, 1.807) is 0 Å². The van der Waals surface area contributed by atoms with E-state index >= 15 is 0 Å². The summed E-state index contributed by atoms with van der Waals surface area (Å²) in [4.78, 5) is 12.5. The van der Waals surface area contributed by atoms with E-state index in [4.69, 9.17) is 9.47 Å². The van der Waals surface area contributed by atoms with Crippen LogP contribution < -0.4 is 14.8 Å². The van der Waals surface area contributed by atoms with Gasteiger partial charge in [0.2, 0.25) is 5.91 Å². The molecule has 0 saturated heterocycles. The molecule has 0 fully saturated rings. The van der Waals surface area contributed by atoms with Gasteiger partial charge >= 0.3 is 0 Å². The highest BCUT2D eigenvalue weighted by molar-refractivity contribution is 5.91. The van der Waals surface area contributed by atoms with Crippen molar-refractivity contribution in [2.75, 3.05) is 18.5 Å². The van der Waals surface area contributed by atoms with Crippen LogP contribution in [0.3, 0.4) is 0 Å². The number of ether oxygens (including phenoxy) is 2. The highest BCUT2D eigenvalue weighted by Gasteiger charge is 2.12. The zero-order valence-corrected chi connectivity index (χ0v) is 17.1. The molecule has 0 aliphatic heterocycles. The molecular formula is C23H27N3O3. The number of anilines is 1. The zero-order valence-electron chi connectivity index (χ0n) is 17.1. The van der Waals surface area contributed by atoms with Gasteiger partial charge in [-0.1, -0.05) is 36.4 Å². The number of amides is 1. The third kappa shape index (κ3) is 5.60. The number of nitrogens with one attached hydrogen (secondary N) is 1. The summed E-state index contributed by atoms with van der Waals surface area (Å²) in [5.41, 5.74) is 3.01. The van der Waals surface area contributed by atoms with E-state index in [0.717, 1.165) is 16.8 Å². The van der Waals surface area contributed by atoms with Crippen LogP contribution in [0.2, 0.25) is 0 Å². The third-order valence-electron chi connectivity index (χ3n) is 4.40. The SMILES string of the molecule is CCOc1ccc(CC(=O)Nc2cc(C)n(Cc3ccccc3)n2)cc1OCC. The molecule has 2 aromatic carbocycles. The Morgan fingerprint density at radius 1 is 0.966 bits per heavy atom. The maximum Gasteiger partial charge on any atom is 0.229 e. The molecule has 3 aromatic rings. The number of hydrogen-bond acceptors (Lipinski definition) is 4. The molecule has 0 aliphatic rings. The van der Waals surface area contributed by atoms with Crippen LogP contribution in [0.25, 0.3) is 0 Å². The number of rotatable bonds is 9. The molecule has 3 rings (SSSR count). The standard InChI is InChI=1S/C23H27N3O3/c1-4-28-20-12-11-19(14-21(20)29-5-2)15-23(27)24-22-13-17(3)26(25-22)16-18-9-7-6-8-10-18/h6-14H,4-5,15-16H2,1-3H3,(H,24,25,27). The lowest BCUT2D eigenvalue weighted by Gasteiger charge is -2.12. The fourth-order valence-electron chi connectivity index (χ4n) is 3.07. The number of benzene rings is 2. The fraction of sp³-hybridized carbons (Fsp3) is 0.304. The van der Waals surface area contributed by atoms with E-state index in [9.17, 15) is 4.79 Å². The molecule has 6 nitrogen and oxygen atoms in total. The molecule has 6 heteroatoms. The molecule has 0 saturated carbocycles. The monoisotopic (exact) mass is 393 g/mol. The van der Waals surface area contributed by atoms with Gasteiger partial charge in [0.1, 0.15) is 0 Å². The molecular weight excluding hydrogens is 366 g/mol. The first-order valence-corrected chi connectivity index (χ1v) is 9.85. The first-order valence-electron chi connectivity index (χ1n) is 9.85. The molecule has 152 valence electrons. The number of aryl methyl sites for hydroxylation is 1. The lowest BCUT2D eigenvalue weighted by atomic mass is 10.1. The summed E-state index contributed by atoms with van der Waals surface area (Å²) in [5.74, 6) is 1.77. The second-order valence-electron chi connectivity index (χ2n) is 6.69. The number of carbonyl (C=O) groups excluding carboxylic acids is 1. The minimum absolute atomic E-state index is 0.124. The summed E-state index contributed by atoms with van der Waals surface area (Å²) in [7, 11) is 0. The lowest BCUT2D eigenvalue weighted by molar-refractivity contribution is -0.115. The predicted molar refractivity (Wildman–Crippen MR) is 114 cm³/mol. The quantitative estimate of drug-likeness (QED) is 0.591. The van der Waals surface area contributed by atoms with Crippen molar-refractivity contribution >= 4 is 11.7 Å². The predicted octanol–water partition coefficient (Wildman–Crippen LogP) is 4.22. The summed E-state index contributed by atoms with van der Waals surface area (Å²) in [5, 5.41) is 7.40. The van der Waals surface area contributed by atoms with E-state index in [1.165, 1.54) is 0 Å². The zero-order chi connectivity index (χ0) is 20.6. The van der Waals surface area contributed by atoms with Gasteiger partial charge in [-0.15, -0.1) is 0 Å². The van der Waals surface area contributed by atoms with Crippen LogP contribution in [0.5, 0.6) is 11.5 Å². The Balaban J connectivity index is 1.65. The average Bonchev–Trinajstić information content (AvgIpc) is 3.03. The summed E-state index contributed by atoms with van der Waals surface area (Å²) in [6.45, 7) is 7.59.